The first-order valence-electron chi connectivity index (χ1n) is 6.38. The molecule has 1 aromatic rings. The Hall–Kier alpha value is -1.70. The second-order valence-corrected chi connectivity index (χ2v) is 5.20. The molecule has 4 N–H and O–H groups in total. The van der Waals surface area contributed by atoms with Crippen molar-refractivity contribution in [1.29, 1.82) is 0 Å². The van der Waals surface area contributed by atoms with Crippen molar-refractivity contribution in [3.8, 4) is 0 Å². The fourth-order valence-corrected chi connectivity index (χ4v) is 2.07. The molecule has 1 rings (SSSR count). The third-order valence-corrected chi connectivity index (χ3v) is 3.29. The van der Waals surface area contributed by atoms with Crippen LogP contribution >= 0.6 is 11.8 Å². The Morgan fingerprint density at radius 3 is 2.95 bits per heavy atom. The molecule has 7 nitrogen and oxygen atoms in total. The molecule has 0 aliphatic heterocycles. The number of aliphatic carboxylic acids is 1. The molecule has 1 unspecified atom stereocenters. The highest BCUT2D eigenvalue weighted by molar-refractivity contribution is 7.98. The van der Waals surface area contributed by atoms with Crippen LogP contribution in [0.5, 0.6) is 0 Å². The number of thioether (sulfide) groups is 1. The van der Waals surface area contributed by atoms with Gasteiger partial charge in [-0.25, -0.2) is 14.6 Å². The van der Waals surface area contributed by atoms with Gasteiger partial charge in [0, 0.05) is 25.4 Å². The molecule has 8 heteroatoms. The summed E-state index contributed by atoms with van der Waals surface area (Å²) in [5.74, 6) is 0.552. The largest absolute Gasteiger partial charge is 0.480 e. The minimum absolute atomic E-state index is 0.413. The number of urea groups is 1. The molecular weight excluding hydrogens is 280 g/mol. The van der Waals surface area contributed by atoms with Gasteiger partial charge < -0.3 is 20.7 Å². The lowest BCUT2D eigenvalue weighted by Crippen LogP contribution is -2.46. The molecule has 20 heavy (non-hydrogen) atoms. The van der Waals surface area contributed by atoms with Gasteiger partial charge in [-0.1, -0.05) is 0 Å². The summed E-state index contributed by atoms with van der Waals surface area (Å²) in [5, 5.41) is 14.1. The Balaban J connectivity index is 2.18. The summed E-state index contributed by atoms with van der Waals surface area (Å²) in [6.45, 7) is 0.474. The van der Waals surface area contributed by atoms with E-state index in [0.717, 1.165) is 18.7 Å². The standard InChI is InChI=1S/C12H20N4O3S/c1-20-8-4-9(11(17)18)16-12(19)15-5-2-3-10-13-6-7-14-10/h6-7,9H,2-5,8H2,1H3,(H,13,14)(H,17,18)(H2,15,16,19). The van der Waals surface area contributed by atoms with Crippen molar-refractivity contribution >= 4 is 23.8 Å². The van der Waals surface area contributed by atoms with Crippen LogP contribution in [0.15, 0.2) is 12.4 Å². The molecule has 112 valence electrons. The first-order chi connectivity index (χ1) is 9.63. The van der Waals surface area contributed by atoms with Gasteiger partial charge in [0.1, 0.15) is 11.9 Å². The molecule has 1 atom stereocenters. The van der Waals surface area contributed by atoms with Gasteiger partial charge in [0.05, 0.1) is 0 Å². The maximum Gasteiger partial charge on any atom is 0.326 e. The van der Waals surface area contributed by atoms with E-state index in [0.29, 0.717) is 18.7 Å². The maximum absolute atomic E-state index is 11.6. The molecule has 0 bridgehead atoms. The first-order valence-corrected chi connectivity index (χ1v) is 7.77. The summed E-state index contributed by atoms with van der Waals surface area (Å²) in [4.78, 5) is 29.6. The van der Waals surface area contributed by atoms with Crippen molar-refractivity contribution in [2.45, 2.75) is 25.3 Å². The van der Waals surface area contributed by atoms with E-state index in [2.05, 4.69) is 20.6 Å². The summed E-state index contributed by atoms with van der Waals surface area (Å²) in [6, 6.07) is -1.29. The normalized spacial score (nSPS) is 11.8. The predicted octanol–water partition coefficient (Wildman–Crippen LogP) is 0.848. The molecule has 1 heterocycles. The molecule has 0 fully saturated rings. The molecular formula is C12H20N4O3S. The first kappa shape index (κ1) is 16.4. The third-order valence-electron chi connectivity index (χ3n) is 2.64. The van der Waals surface area contributed by atoms with E-state index >= 15 is 0 Å². The van der Waals surface area contributed by atoms with E-state index in [1.54, 1.807) is 24.2 Å². The van der Waals surface area contributed by atoms with E-state index in [1.165, 1.54) is 0 Å². The van der Waals surface area contributed by atoms with Crippen molar-refractivity contribution in [2.75, 3.05) is 18.6 Å². The third kappa shape index (κ3) is 6.46. The summed E-state index contributed by atoms with van der Waals surface area (Å²) >= 11 is 1.55. The number of hydrogen-bond donors (Lipinski definition) is 4. The molecule has 0 saturated carbocycles. The number of nitrogens with zero attached hydrogens (tertiary/aromatic N) is 1. The number of H-pyrrole nitrogens is 1. The monoisotopic (exact) mass is 300 g/mol. The number of carboxylic acid groups (broad SMARTS) is 1. The lowest BCUT2D eigenvalue weighted by molar-refractivity contribution is -0.139. The van der Waals surface area contributed by atoms with Crippen molar-refractivity contribution in [3.63, 3.8) is 0 Å². The minimum atomic E-state index is -1.01. The molecule has 0 aliphatic carbocycles. The van der Waals surface area contributed by atoms with Crippen LogP contribution in [-0.4, -0.2) is 51.7 Å². The van der Waals surface area contributed by atoms with Crippen LogP contribution in [0, 0.1) is 0 Å². The zero-order valence-electron chi connectivity index (χ0n) is 11.4. The highest BCUT2D eigenvalue weighted by Gasteiger charge is 2.18. The molecule has 0 aromatic carbocycles. The number of hydrogen-bond acceptors (Lipinski definition) is 4. The molecule has 0 aliphatic rings. The number of rotatable bonds is 9. The number of carbonyl (C=O) groups is 2. The smallest absolute Gasteiger partial charge is 0.326 e. The Morgan fingerprint density at radius 1 is 1.55 bits per heavy atom. The molecule has 0 spiro atoms. The Labute approximate surface area is 121 Å². The van der Waals surface area contributed by atoms with Gasteiger partial charge in [-0.05, 0) is 24.9 Å². The maximum atomic E-state index is 11.6. The van der Waals surface area contributed by atoms with Crippen molar-refractivity contribution in [1.82, 2.24) is 20.6 Å². The average Bonchev–Trinajstić information content (AvgIpc) is 2.92. The zero-order chi connectivity index (χ0) is 14.8. The average molecular weight is 300 g/mol. The Bertz CT molecular complexity index is 411. The number of nitrogens with one attached hydrogen (secondary N) is 3. The van der Waals surface area contributed by atoms with Crippen LogP contribution in [-0.2, 0) is 11.2 Å². The van der Waals surface area contributed by atoms with Crippen LogP contribution in [0.3, 0.4) is 0 Å². The van der Waals surface area contributed by atoms with Gasteiger partial charge in [0.15, 0.2) is 0 Å². The number of amides is 2. The van der Waals surface area contributed by atoms with Gasteiger partial charge in [-0.2, -0.15) is 11.8 Å². The number of imidazole rings is 1. The second-order valence-electron chi connectivity index (χ2n) is 4.21. The number of carboxylic acids is 1. The van der Waals surface area contributed by atoms with Gasteiger partial charge >= 0.3 is 12.0 Å². The number of aryl methyl sites for hydroxylation is 1. The van der Waals surface area contributed by atoms with Gasteiger partial charge in [0.25, 0.3) is 0 Å². The number of carbonyl (C=O) groups excluding carboxylic acids is 1. The predicted molar refractivity (Wildman–Crippen MR) is 77.9 cm³/mol. The van der Waals surface area contributed by atoms with E-state index in [-0.39, 0.29) is 0 Å². The summed E-state index contributed by atoms with van der Waals surface area (Å²) in [5.41, 5.74) is 0. The summed E-state index contributed by atoms with van der Waals surface area (Å²) in [7, 11) is 0. The van der Waals surface area contributed by atoms with E-state index in [4.69, 9.17) is 5.11 Å². The molecule has 2 amide bonds. The van der Waals surface area contributed by atoms with Crippen molar-refractivity contribution in [3.05, 3.63) is 18.2 Å². The Kier molecular flexibility index (Phi) is 7.56. The lowest BCUT2D eigenvalue weighted by Gasteiger charge is -2.14. The highest BCUT2D eigenvalue weighted by atomic mass is 32.2. The molecule has 0 radical (unpaired) electrons. The summed E-state index contributed by atoms with van der Waals surface area (Å²) in [6.07, 6.45) is 7.22. The quantitative estimate of drug-likeness (QED) is 0.506. The van der Waals surface area contributed by atoms with Gasteiger partial charge in [0.2, 0.25) is 0 Å². The minimum Gasteiger partial charge on any atom is -0.480 e. The number of aromatic amines is 1. The zero-order valence-corrected chi connectivity index (χ0v) is 12.2. The van der Waals surface area contributed by atoms with Crippen LogP contribution in [0.25, 0.3) is 0 Å². The summed E-state index contributed by atoms with van der Waals surface area (Å²) < 4.78 is 0. The molecule has 0 saturated heterocycles. The van der Waals surface area contributed by atoms with E-state index in [1.807, 2.05) is 6.26 Å². The van der Waals surface area contributed by atoms with Gasteiger partial charge in [-0.3, -0.25) is 0 Å². The SMILES string of the molecule is CSCCC(NC(=O)NCCCc1ncc[nH]1)C(=O)O. The van der Waals surface area contributed by atoms with Crippen LogP contribution < -0.4 is 10.6 Å². The van der Waals surface area contributed by atoms with E-state index in [9.17, 15) is 9.59 Å². The Morgan fingerprint density at radius 2 is 2.35 bits per heavy atom. The van der Waals surface area contributed by atoms with Crippen molar-refractivity contribution < 1.29 is 14.7 Å². The topological polar surface area (TPSA) is 107 Å². The van der Waals surface area contributed by atoms with Crippen LogP contribution in [0.4, 0.5) is 4.79 Å². The van der Waals surface area contributed by atoms with Gasteiger partial charge in [-0.15, -0.1) is 0 Å². The fourth-order valence-electron chi connectivity index (χ4n) is 1.59. The number of aromatic nitrogens is 2. The van der Waals surface area contributed by atoms with Crippen molar-refractivity contribution in [2.24, 2.45) is 0 Å². The highest BCUT2D eigenvalue weighted by Crippen LogP contribution is 2.01. The molecule has 1 aromatic heterocycles. The second kappa shape index (κ2) is 9.24. The van der Waals surface area contributed by atoms with Crippen LogP contribution in [0.1, 0.15) is 18.7 Å². The van der Waals surface area contributed by atoms with Crippen LogP contribution in [0.2, 0.25) is 0 Å². The lowest BCUT2D eigenvalue weighted by atomic mass is 10.2. The van der Waals surface area contributed by atoms with E-state index < -0.39 is 18.0 Å². The fraction of sp³-hybridized carbons (Fsp3) is 0.583.